The molecule has 7 heteroatoms. The van der Waals surface area contributed by atoms with E-state index in [9.17, 15) is 15.0 Å². The fourth-order valence-electron chi connectivity index (χ4n) is 9.13. The molecule has 0 aromatic heterocycles. The Kier molecular flexibility index (Phi) is 8.27. The first-order chi connectivity index (χ1) is 17.5. The second-order valence-electron chi connectivity index (χ2n) is 12.7. The molecule has 0 saturated heterocycles. The summed E-state index contributed by atoms with van der Waals surface area (Å²) in [4.78, 5) is 13.2. The van der Waals surface area contributed by atoms with Gasteiger partial charge in [0.1, 0.15) is 0 Å². The SMILES string of the molecule is CNc1ccc(Cl)cc1C(=O)OC[C@@]1(C)[C@@H]2CC[C@@]3(C)[C@H](C[C@H](OC)[C@@H](C)[C@@H]3CCO)[C@@]2(C)CC[C@@H]1O. The van der Waals surface area contributed by atoms with E-state index in [1.165, 1.54) is 0 Å². The number of carbonyl (C=O) groups excluding carboxylic acids is 1. The van der Waals surface area contributed by atoms with Crippen LogP contribution in [0.1, 0.15) is 76.6 Å². The number of anilines is 1. The van der Waals surface area contributed by atoms with Crippen molar-refractivity contribution in [3.8, 4) is 0 Å². The number of benzene rings is 1. The Morgan fingerprint density at radius 2 is 1.86 bits per heavy atom. The van der Waals surface area contributed by atoms with Gasteiger partial charge in [-0.05, 0) is 91.2 Å². The lowest BCUT2D eigenvalue weighted by molar-refractivity contribution is -0.230. The number of ether oxygens (including phenoxy) is 2. The Morgan fingerprint density at radius 3 is 2.51 bits per heavy atom. The van der Waals surface area contributed by atoms with Crippen LogP contribution >= 0.6 is 11.6 Å². The first-order valence-electron chi connectivity index (χ1n) is 13.9. The van der Waals surface area contributed by atoms with Crippen molar-refractivity contribution >= 4 is 23.3 Å². The molecule has 1 aromatic carbocycles. The van der Waals surface area contributed by atoms with Gasteiger partial charge < -0.3 is 25.0 Å². The van der Waals surface area contributed by atoms with Gasteiger partial charge >= 0.3 is 5.97 Å². The summed E-state index contributed by atoms with van der Waals surface area (Å²) < 4.78 is 12.0. The van der Waals surface area contributed by atoms with Crippen LogP contribution < -0.4 is 5.32 Å². The van der Waals surface area contributed by atoms with E-state index in [0.717, 1.165) is 32.1 Å². The second kappa shape index (κ2) is 10.7. The maximum Gasteiger partial charge on any atom is 0.340 e. The van der Waals surface area contributed by atoms with Gasteiger partial charge in [0.25, 0.3) is 0 Å². The number of hydrogen-bond acceptors (Lipinski definition) is 6. The minimum Gasteiger partial charge on any atom is -0.461 e. The molecule has 9 atom stereocenters. The number of aliphatic hydroxyl groups excluding tert-OH is 2. The molecule has 3 fully saturated rings. The number of hydrogen-bond donors (Lipinski definition) is 3. The standard InChI is InChI=1S/C30H46ClNO5/c1-18-21(11-14-33)28(2)12-9-24-29(3,25(28)16-23(18)36-6)13-10-26(34)30(24,4)17-37-27(35)20-15-19(31)7-8-22(20)32-5/h7-8,15,18,21,23-26,32-34H,9-14,16-17H2,1-6H3/t18-,21-,23-,24+,25-,26-,28+,29-,30-/m0/s1. The zero-order valence-electron chi connectivity index (χ0n) is 23.4. The number of fused-ring (bicyclic) bond motifs is 3. The summed E-state index contributed by atoms with van der Waals surface area (Å²) in [6.45, 7) is 9.59. The topological polar surface area (TPSA) is 88.0 Å². The molecule has 0 unspecified atom stereocenters. The van der Waals surface area contributed by atoms with Crippen LogP contribution in [-0.4, -0.2) is 55.8 Å². The predicted molar refractivity (Wildman–Crippen MR) is 147 cm³/mol. The van der Waals surface area contributed by atoms with Crippen molar-refractivity contribution in [1.82, 2.24) is 0 Å². The minimum atomic E-state index is -0.555. The molecule has 37 heavy (non-hydrogen) atoms. The van der Waals surface area contributed by atoms with Gasteiger partial charge in [-0.15, -0.1) is 0 Å². The Morgan fingerprint density at radius 1 is 1.16 bits per heavy atom. The van der Waals surface area contributed by atoms with Crippen LogP contribution in [0.3, 0.4) is 0 Å². The van der Waals surface area contributed by atoms with E-state index in [-0.39, 0.29) is 36.1 Å². The minimum absolute atomic E-state index is 0.0236. The van der Waals surface area contributed by atoms with E-state index < -0.39 is 17.5 Å². The number of rotatable bonds is 7. The monoisotopic (exact) mass is 535 g/mol. The molecule has 0 bridgehead atoms. The van der Waals surface area contributed by atoms with Crippen LogP contribution in [0.2, 0.25) is 5.02 Å². The lowest BCUT2D eigenvalue weighted by Crippen LogP contribution is -2.64. The third kappa shape index (κ3) is 4.70. The van der Waals surface area contributed by atoms with Gasteiger partial charge in [0.2, 0.25) is 0 Å². The van der Waals surface area contributed by atoms with Crippen LogP contribution in [0.5, 0.6) is 0 Å². The average Bonchev–Trinajstić information content (AvgIpc) is 2.87. The van der Waals surface area contributed by atoms with Crippen molar-refractivity contribution < 1.29 is 24.5 Å². The van der Waals surface area contributed by atoms with Crippen molar-refractivity contribution in [1.29, 1.82) is 0 Å². The molecule has 3 aliphatic rings. The number of aliphatic hydroxyl groups is 2. The molecule has 0 radical (unpaired) electrons. The van der Waals surface area contributed by atoms with Crippen molar-refractivity contribution in [3.63, 3.8) is 0 Å². The summed E-state index contributed by atoms with van der Waals surface area (Å²) in [6.07, 6.45) is 5.03. The highest BCUT2D eigenvalue weighted by Gasteiger charge is 2.65. The lowest BCUT2D eigenvalue weighted by Gasteiger charge is -2.68. The summed E-state index contributed by atoms with van der Waals surface area (Å²) >= 11 is 6.17. The Balaban J connectivity index is 1.63. The van der Waals surface area contributed by atoms with Gasteiger partial charge in [-0.2, -0.15) is 0 Å². The van der Waals surface area contributed by atoms with E-state index in [2.05, 4.69) is 33.0 Å². The molecule has 208 valence electrons. The van der Waals surface area contributed by atoms with Crippen LogP contribution in [0.25, 0.3) is 0 Å². The highest BCUT2D eigenvalue weighted by molar-refractivity contribution is 6.31. The third-order valence-electron chi connectivity index (χ3n) is 11.1. The summed E-state index contributed by atoms with van der Waals surface area (Å²) in [6, 6.07) is 5.14. The van der Waals surface area contributed by atoms with Crippen LogP contribution in [-0.2, 0) is 9.47 Å². The lowest BCUT2D eigenvalue weighted by atomic mass is 9.38. The third-order valence-corrected chi connectivity index (χ3v) is 11.4. The maximum atomic E-state index is 13.2. The summed E-state index contributed by atoms with van der Waals surface area (Å²) in [5.74, 6) is 0.959. The molecule has 3 N–H and O–H groups in total. The van der Waals surface area contributed by atoms with Crippen molar-refractivity contribution in [2.45, 2.75) is 78.4 Å². The van der Waals surface area contributed by atoms with Crippen LogP contribution in [0.4, 0.5) is 5.69 Å². The molecular formula is C30H46ClNO5. The Bertz CT molecular complexity index is 989. The Hall–Kier alpha value is -1.34. The van der Waals surface area contributed by atoms with E-state index in [0.29, 0.717) is 40.4 Å². The molecule has 6 nitrogen and oxygen atoms in total. The van der Waals surface area contributed by atoms with Gasteiger partial charge in [-0.3, -0.25) is 0 Å². The van der Waals surface area contributed by atoms with Crippen LogP contribution in [0.15, 0.2) is 18.2 Å². The fourth-order valence-corrected chi connectivity index (χ4v) is 9.30. The van der Waals surface area contributed by atoms with E-state index in [1.54, 1.807) is 25.2 Å². The normalized spacial score (nSPS) is 41.4. The van der Waals surface area contributed by atoms with Crippen molar-refractivity contribution in [2.24, 2.45) is 39.9 Å². The molecule has 1 aromatic rings. The highest BCUT2D eigenvalue weighted by Crippen LogP contribution is 2.69. The molecule has 0 spiro atoms. The van der Waals surface area contributed by atoms with E-state index in [4.69, 9.17) is 21.1 Å². The second-order valence-corrected chi connectivity index (χ2v) is 13.2. The van der Waals surface area contributed by atoms with Gasteiger partial charge in [0.15, 0.2) is 0 Å². The molecule has 0 heterocycles. The molecule has 0 amide bonds. The van der Waals surface area contributed by atoms with Crippen molar-refractivity contribution in [3.05, 3.63) is 28.8 Å². The zero-order valence-corrected chi connectivity index (χ0v) is 24.1. The smallest absolute Gasteiger partial charge is 0.340 e. The number of halogens is 1. The van der Waals surface area contributed by atoms with Crippen LogP contribution in [0, 0.1) is 39.9 Å². The quantitative estimate of drug-likeness (QED) is 0.383. The molecule has 0 aliphatic heterocycles. The number of nitrogens with one attached hydrogen (secondary N) is 1. The Labute approximate surface area is 227 Å². The number of esters is 1. The van der Waals surface area contributed by atoms with Gasteiger partial charge in [0, 0.05) is 36.9 Å². The predicted octanol–water partition coefficient (Wildman–Crippen LogP) is 5.79. The van der Waals surface area contributed by atoms with Gasteiger partial charge in [0.05, 0.1) is 24.4 Å². The van der Waals surface area contributed by atoms with E-state index >= 15 is 0 Å². The largest absolute Gasteiger partial charge is 0.461 e. The molecule has 3 aliphatic carbocycles. The molecule has 3 saturated carbocycles. The highest BCUT2D eigenvalue weighted by atomic mass is 35.5. The number of carbonyl (C=O) groups is 1. The first kappa shape index (κ1) is 28.7. The van der Waals surface area contributed by atoms with E-state index in [1.807, 2.05) is 7.11 Å². The van der Waals surface area contributed by atoms with Crippen molar-refractivity contribution in [2.75, 3.05) is 32.7 Å². The van der Waals surface area contributed by atoms with Gasteiger partial charge in [-0.25, -0.2) is 4.79 Å². The zero-order chi connectivity index (χ0) is 27.2. The summed E-state index contributed by atoms with van der Waals surface area (Å²) in [5, 5.41) is 24.8. The first-order valence-corrected chi connectivity index (χ1v) is 14.3. The maximum absolute atomic E-state index is 13.2. The summed E-state index contributed by atoms with van der Waals surface area (Å²) in [5.41, 5.74) is 0.591. The average molecular weight is 536 g/mol. The number of methoxy groups -OCH3 is 1. The van der Waals surface area contributed by atoms with Gasteiger partial charge in [-0.1, -0.05) is 39.3 Å². The summed E-state index contributed by atoms with van der Waals surface area (Å²) in [7, 11) is 3.57. The molecular weight excluding hydrogens is 490 g/mol. The fraction of sp³-hybridized carbons (Fsp3) is 0.767. The molecule has 4 rings (SSSR count).